The van der Waals surface area contributed by atoms with Crippen molar-refractivity contribution < 1.29 is 14.3 Å². The minimum absolute atomic E-state index is 0.137. The summed E-state index contributed by atoms with van der Waals surface area (Å²) in [6.45, 7) is 6.94. The van der Waals surface area contributed by atoms with E-state index in [9.17, 15) is 4.79 Å². The van der Waals surface area contributed by atoms with E-state index in [0.717, 1.165) is 25.3 Å². The van der Waals surface area contributed by atoms with Crippen molar-refractivity contribution in [1.82, 2.24) is 4.90 Å². The highest BCUT2D eigenvalue weighted by atomic mass is 16.5. The molecule has 1 heterocycles. The number of morpholine rings is 1. The van der Waals surface area contributed by atoms with E-state index in [4.69, 9.17) is 9.47 Å². The smallest absolute Gasteiger partial charge is 0.186 e. The molecule has 4 heteroatoms. The van der Waals surface area contributed by atoms with Gasteiger partial charge in [0.1, 0.15) is 11.3 Å². The van der Waals surface area contributed by atoms with E-state index in [1.165, 1.54) is 0 Å². The van der Waals surface area contributed by atoms with Crippen molar-refractivity contribution >= 4 is 5.78 Å². The maximum Gasteiger partial charge on any atom is 0.186 e. The molecule has 1 aromatic rings. The fraction of sp³-hybridized carbons (Fsp3) is 0.500. The summed E-state index contributed by atoms with van der Waals surface area (Å²) in [5.41, 5.74) is 0.125. The Hall–Kier alpha value is -1.65. The molecule has 0 aliphatic carbocycles. The van der Waals surface area contributed by atoms with Gasteiger partial charge in [-0.05, 0) is 37.6 Å². The molecule has 1 aliphatic rings. The number of benzene rings is 1. The minimum atomic E-state index is -0.590. The summed E-state index contributed by atoms with van der Waals surface area (Å²) >= 11 is 0. The molecule has 2 rings (SSSR count). The molecule has 1 atom stereocenters. The number of nitrogens with zero attached hydrogens (tertiary/aromatic N) is 1. The largest absolute Gasteiger partial charge is 0.497 e. The van der Waals surface area contributed by atoms with Crippen molar-refractivity contribution in [3.8, 4) is 5.75 Å². The molecule has 0 N–H and O–H groups in total. The predicted octanol–water partition coefficient (Wildman–Crippen LogP) is 2.94. The van der Waals surface area contributed by atoms with Crippen LogP contribution >= 0.6 is 0 Å². The second kappa shape index (κ2) is 7.56. The molecule has 0 bridgehead atoms. The summed E-state index contributed by atoms with van der Waals surface area (Å²) < 4.78 is 10.6. The molecule has 4 nitrogen and oxygen atoms in total. The SMILES string of the molecule is CC=CC(CC)(C(=O)c1ccc(OC)cc1)N1CCOCC1. The third kappa shape index (κ3) is 3.23. The Morgan fingerprint density at radius 3 is 2.45 bits per heavy atom. The molecule has 1 aromatic carbocycles. The first-order chi connectivity index (χ1) is 10.7. The normalized spacial score (nSPS) is 19.0. The number of rotatable bonds is 6. The lowest BCUT2D eigenvalue weighted by Gasteiger charge is -2.42. The molecular formula is C18H25NO3. The van der Waals surface area contributed by atoms with E-state index in [-0.39, 0.29) is 5.78 Å². The number of ether oxygens (including phenoxy) is 2. The lowest BCUT2D eigenvalue weighted by molar-refractivity contribution is -0.00222. The predicted molar refractivity (Wildman–Crippen MR) is 87.6 cm³/mol. The van der Waals surface area contributed by atoms with E-state index in [2.05, 4.69) is 11.8 Å². The molecule has 0 saturated carbocycles. The van der Waals surface area contributed by atoms with Gasteiger partial charge in [0.2, 0.25) is 0 Å². The van der Waals surface area contributed by atoms with Crippen molar-refractivity contribution in [3.05, 3.63) is 42.0 Å². The van der Waals surface area contributed by atoms with Crippen molar-refractivity contribution in [2.24, 2.45) is 0 Å². The van der Waals surface area contributed by atoms with Crippen LogP contribution in [0.2, 0.25) is 0 Å². The molecule has 1 fully saturated rings. The van der Waals surface area contributed by atoms with Crippen LogP contribution in [0.1, 0.15) is 30.6 Å². The molecule has 1 unspecified atom stereocenters. The summed E-state index contributed by atoms with van der Waals surface area (Å²) in [5, 5.41) is 0. The lowest BCUT2D eigenvalue weighted by atomic mass is 9.84. The Bertz CT molecular complexity index is 518. The second-order valence-electron chi connectivity index (χ2n) is 5.43. The van der Waals surface area contributed by atoms with Crippen molar-refractivity contribution in [3.63, 3.8) is 0 Å². The number of carbonyl (C=O) groups is 1. The highest BCUT2D eigenvalue weighted by Crippen LogP contribution is 2.28. The maximum absolute atomic E-state index is 13.2. The van der Waals surface area contributed by atoms with Gasteiger partial charge in [0.05, 0.1) is 20.3 Å². The van der Waals surface area contributed by atoms with Crippen molar-refractivity contribution in [2.45, 2.75) is 25.8 Å². The van der Waals surface area contributed by atoms with Gasteiger partial charge in [0.15, 0.2) is 5.78 Å². The quantitative estimate of drug-likeness (QED) is 0.598. The molecule has 0 radical (unpaired) electrons. The van der Waals surface area contributed by atoms with E-state index in [0.29, 0.717) is 18.8 Å². The Morgan fingerprint density at radius 1 is 1.32 bits per heavy atom. The number of hydrogen-bond donors (Lipinski definition) is 0. The first-order valence-corrected chi connectivity index (χ1v) is 7.83. The van der Waals surface area contributed by atoms with Gasteiger partial charge in [-0.15, -0.1) is 0 Å². The average Bonchev–Trinajstić information content (AvgIpc) is 2.60. The van der Waals surface area contributed by atoms with Crippen molar-refractivity contribution in [2.75, 3.05) is 33.4 Å². The molecule has 0 aromatic heterocycles. The van der Waals surface area contributed by atoms with Crippen LogP contribution in [0.3, 0.4) is 0 Å². The fourth-order valence-electron chi connectivity index (χ4n) is 3.06. The molecular weight excluding hydrogens is 278 g/mol. The standard InChI is InChI=1S/C18H25NO3/c1-4-10-18(5-2,19-11-13-22-14-12-19)17(20)15-6-8-16(21-3)9-7-15/h4,6-10H,5,11-14H2,1-3H3. The summed E-state index contributed by atoms with van der Waals surface area (Å²) in [6, 6.07) is 7.36. The van der Waals surface area contributed by atoms with Crippen LogP contribution in [0.5, 0.6) is 5.75 Å². The monoisotopic (exact) mass is 303 g/mol. The summed E-state index contributed by atoms with van der Waals surface area (Å²) in [6.07, 6.45) is 4.74. The number of allylic oxidation sites excluding steroid dienone is 1. The zero-order valence-electron chi connectivity index (χ0n) is 13.7. The van der Waals surface area contributed by atoms with E-state index in [1.807, 2.05) is 43.3 Å². The fourth-order valence-corrected chi connectivity index (χ4v) is 3.06. The Morgan fingerprint density at radius 2 is 1.95 bits per heavy atom. The van der Waals surface area contributed by atoms with Gasteiger partial charge in [-0.3, -0.25) is 9.69 Å². The third-order valence-corrected chi connectivity index (χ3v) is 4.30. The topological polar surface area (TPSA) is 38.8 Å². The number of Topliss-reactive ketones (excluding diaryl/α,β-unsaturated/α-hetero) is 1. The zero-order valence-corrected chi connectivity index (χ0v) is 13.7. The van der Waals surface area contributed by atoms with E-state index >= 15 is 0 Å². The Kier molecular flexibility index (Phi) is 5.75. The molecule has 0 spiro atoms. The highest BCUT2D eigenvalue weighted by molar-refractivity contribution is 6.04. The Labute approximate surface area is 132 Å². The molecule has 0 amide bonds. The van der Waals surface area contributed by atoms with Crippen LogP contribution in [-0.4, -0.2) is 49.6 Å². The van der Waals surface area contributed by atoms with Gasteiger partial charge in [0, 0.05) is 18.7 Å². The van der Waals surface area contributed by atoms with Crippen molar-refractivity contribution in [1.29, 1.82) is 0 Å². The number of hydrogen-bond acceptors (Lipinski definition) is 4. The van der Waals surface area contributed by atoms with Crippen LogP contribution < -0.4 is 4.74 Å². The lowest BCUT2D eigenvalue weighted by Crippen LogP contribution is -2.56. The number of methoxy groups -OCH3 is 1. The van der Waals surface area contributed by atoms with Gasteiger partial charge >= 0.3 is 0 Å². The first-order valence-electron chi connectivity index (χ1n) is 7.83. The van der Waals surface area contributed by atoms with Crippen LogP contribution in [0.25, 0.3) is 0 Å². The van der Waals surface area contributed by atoms with Gasteiger partial charge in [-0.2, -0.15) is 0 Å². The summed E-state index contributed by atoms with van der Waals surface area (Å²) in [4.78, 5) is 15.5. The number of ketones is 1. The summed E-state index contributed by atoms with van der Waals surface area (Å²) in [5.74, 6) is 0.897. The van der Waals surface area contributed by atoms with Gasteiger partial charge in [-0.1, -0.05) is 19.1 Å². The molecule has 120 valence electrons. The number of carbonyl (C=O) groups excluding carboxylic acids is 1. The molecule has 22 heavy (non-hydrogen) atoms. The first kappa shape index (κ1) is 16.7. The second-order valence-corrected chi connectivity index (χ2v) is 5.43. The van der Waals surface area contributed by atoms with E-state index in [1.54, 1.807) is 7.11 Å². The van der Waals surface area contributed by atoms with Crippen LogP contribution in [0.4, 0.5) is 0 Å². The average molecular weight is 303 g/mol. The van der Waals surface area contributed by atoms with E-state index < -0.39 is 5.54 Å². The Balaban J connectivity index is 2.35. The molecule has 1 saturated heterocycles. The van der Waals surface area contributed by atoms with Crippen LogP contribution in [-0.2, 0) is 4.74 Å². The third-order valence-electron chi connectivity index (χ3n) is 4.30. The molecule has 1 aliphatic heterocycles. The minimum Gasteiger partial charge on any atom is -0.497 e. The maximum atomic E-state index is 13.2. The summed E-state index contributed by atoms with van der Waals surface area (Å²) in [7, 11) is 1.63. The van der Waals surface area contributed by atoms with Crippen LogP contribution in [0, 0.1) is 0 Å². The zero-order chi connectivity index (χ0) is 16.0. The van der Waals surface area contributed by atoms with Gasteiger partial charge < -0.3 is 9.47 Å². The highest BCUT2D eigenvalue weighted by Gasteiger charge is 2.40. The van der Waals surface area contributed by atoms with Gasteiger partial charge in [0.25, 0.3) is 0 Å². The van der Waals surface area contributed by atoms with Gasteiger partial charge in [-0.25, -0.2) is 0 Å². The van der Waals surface area contributed by atoms with Crippen LogP contribution in [0.15, 0.2) is 36.4 Å².